The lowest BCUT2D eigenvalue weighted by Crippen LogP contribution is -2.43. The summed E-state index contributed by atoms with van der Waals surface area (Å²) in [4.78, 5) is 16.9. The highest BCUT2D eigenvalue weighted by Gasteiger charge is 2.35. The molecule has 0 saturated heterocycles. The van der Waals surface area contributed by atoms with Crippen molar-refractivity contribution in [2.24, 2.45) is 0 Å². The van der Waals surface area contributed by atoms with Crippen LogP contribution in [0.3, 0.4) is 0 Å². The molecule has 0 aliphatic heterocycles. The fourth-order valence-corrected chi connectivity index (χ4v) is 4.74. The van der Waals surface area contributed by atoms with Crippen LogP contribution in [-0.4, -0.2) is 62.7 Å². The summed E-state index contributed by atoms with van der Waals surface area (Å²) in [6.07, 6.45) is 4.09. The molecule has 228 valence electrons. The van der Waals surface area contributed by atoms with Crippen molar-refractivity contribution in [3.05, 3.63) is 108 Å². The maximum absolute atomic E-state index is 14.8. The Balaban J connectivity index is 1.30. The molecule has 4 aromatic rings. The molecule has 1 atom stereocenters. The van der Waals surface area contributed by atoms with Crippen LogP contribution in [0.5, 0.6) is 11.5 Å². The number of nitrogens with zero attached hydrogens (tertiary/aromatic N) is 4. The van der Waals surface area contributed by atoms with E-state index in [1.807, 2.05) is 53.4 Å². The molecular weight excluding hydrogens is 560 g/mol. The van der Waals surface area contributed by atoms with E-state index in [1.165, 1.54) is 23.4 Å². The van der Waals surface area contributed by atoms with E-state index in [0.717, 1.165) is 23.3 Å². The van der Waals surface area contributed by atoms with Crippen LogP contribution in [0, 0.1) is 11.6 Å². The highest BCUT2D eigenvalue weighted by atomic mass is 19.1. The number of hydroxylamine groups is 1. The van der Waals surface area contributed by atoms with E-state index in [-0.39, 0.29) is 25.1 Å². The number of rotatable bonds is 16. The number of amides is 1. The smallest absolute Gasteiger partial charge is 0.243 e. The maximum atomic E-state index is 14.8. The summed E-state index contributed by atoms with van der Waals surface area (Å²) >= 11 is 0. The Morgan fingerprint density at radius 1 is 1.07 bits per heavy atom. The number of hydrogen-bond donors (Lipinski definition) is 3. The minimum absolute atomic E-state index is 0.0189. The highest BCUT2D eigenvalue weighted by Crippen LogP contribution is 2.29. The van der Waals surface area contributed by atoms with Gasteiger partial charge in [0.2, 0.25) is 5.91 Å². The van der Waals surface area contributed by atoms with Crippen molar-refractivity contribution in [3.8, 4) is 11.5 Å². The maximum Gasteiger partial charge on any atom is 0.243 e. The predicted molar refractivity (Wildman–Crippen MR) is 153 cm³/mol. The Kier molecular flexibility index (Phi) is 11.1. The number of aryl methyl sites for hydroxylation is 1. The largest absolute Gasteiger partial charge is 0.493 e. The van der Waals surface area contributed by atoms with Gasteiger partial charge in [-0.15, -0.1) is 0 Å². The van der Waals surface area contributed by atoms with Gasteiger partial charge < -0.3 is 14.6 Å². The van der Waals surface area contributed by atoms with Crippen molar-refractivity contribution < 1.29 is 33.4 Å². The molecule has 0 aliphatic carbocycles. The number of hydrogen-bond acceptors (Lipinski definition) is 8. The van der Waals surface area contributed by atoms with E-state index < -0.39 is 23.1 Å². The number of likely N-dealkylation sites (N-methyl/N-ethyl adjacent to an activating group) is 1. The molecule has 3 aromatic carbocycles. The Morgan fingerprint density at radius 3 is 2.56 bits per heavy atom. The van der Waals surface area contributed by atoms with Gasteiger partial charge in [-0.05, 0) is 43.3 Å². The van der Waals surface area contributed by atoms with Crippen LogP contribution >= 0.6 is 0 Å². The number of aliphatic hydroxyl groups is 1. The Bertz CT molecular complexity index is 1460. The molecule has 1 unspecified atom stereocenters. The second-order valence-electron chi connectivity index (χ2n) is 10.3. The lowest BCUT2D eigenvalue weighted by Gasteiger charge is -2.33. The molecular formula is C31H35F2N5O5. The van der Waals surface area contributed by atoms with Gasteiger partial charge in [-0.1, -0.05) is 36.4 Å². The van der Waals surface area contributed by atoms with Crippen LogP contribution in [0.1, 0.15) is 29.5 Å². The first-order chi connectivity index (χ1) is 20.8. The summed E-state index contributed by atoms with van der Waals surface area (Å²) in [5.74, 6) is -0.621. The third-order valence-electron chi connectivity index (χ3n) is 6.77. The van der Waals surface area contributed by atoms with E-state index >= 15 is 0 Å². The molecule has 12 heteroatoms. The molecule has 1 heterocycles. The number of carbonyl (C=O) groups excluding carboxylic acids is 1. The molecule has 4 rings (SSSR count). The first-order valence-electron chi connectivity index (χ1n) is 13.8. The Morgan fingerprint density at radius 2 is 1.84 bits per heavy atom. The number of benzene rings is 3. The summed E-state index contributed by atoms with van der Waals surface area (Å²) in [6, 6.07) is 18.1. The summed E-state index contributed by atoms with van der Waals surface area (Å²) in [5, 5.41) is 24.3. The van der Waals surface area contributed by atoms with Gasteiger partial charge >= 0.3 is 0 Å². The van der Waals surface area contributed by atoms with E-state index in [0.29, 0.717) is 44.1 Å². The standard InChI is InChI=1S/C31H35F2N5O5/c1-37(19-31(40,20-38-22-34-21-35-38)27-13-10-25(32)17-28(27)33)18-24-5-2-3-6-29(24)43-16-4-15-42-26-11-7-23(8-12-26)9-14-30(39)36-41/h2-3,5-8,10-13,17,21-22,40-41H,4,9,14-16,18-20H2,1H3,(H,36,39). The molecule has 0 spiro atoms. The molecule has 3 N–H and O–H groups in total. The van der Waals surface area contributed by atoms with Crippen molar-refractivity contribution in [2.75, 3.05) is 26.8 Å². The second-order valence-corrected chi connectivity index (χ2v) is 10.3. The fraction of sp³-hybridized carbons (Fsp3) is 0.323. The zero-order chi connectivity index (χ0) is 30.7. The van der Waals surface area contributed by atoms with Crippen molar-refractivity contribution in [1.29, 1.82) is 0 Å². The first kappa shape index (κ1) is 31.5. The minimum Gasteiger partial charge on any atom is -0.493 e. The Labute approximate surface area is 248 Å². The van der Waals surface area contributed by atoms with Gasteiger partial charge in [0.1, 0.15) is 41.4 Å². The minimum atomic E-state index is -1.72. The van der Waals surface area contributed by atoms with Crippen molar-refractivity contribution in [3.63, 3.8) is 0 Å². The summed E-state index contributed by atoms with van der Waals surface area (Å²) < 4.78 is 41.7. The van der Waals surface area contributed by atoms with E-state index in [1.54, 1.807) is 12.5 Å². The van der Waals surface area contributed by atoms with Crippen molar-refractivity contribution >= 4 is 5.91 Å². The third kappa shape index (κ3) is 9.30. The molecule has 43 heavy (non-hydrogen) atoms. The van der Waals surface area contributed by atoms with Gasteiger partial charge in [-0.25, -0.2) is 23.9 Å². The first-order valence-corrected chi connectivity index (χ1v) is 13.8. The quantitative estimate of drug-likeness (QED) is 0.101. The highest BCUT2D eigenvalue weighted by molar-refractivity contribution is 5.74. The van der Waals surface area contributed by atoms with Crippen LogP contribution < -0.4 is 15.0 Å². The van der Waals surface area contributed by atoms with E-state index in [2.05, 4.69) is 10.1 Å². The van der Waals surface area contributed by atoms with Gasteiger partial charge in [0, 0.05) is 43.1 Å². The number of carbonyl (C=O) groups is 1. The Hall–Kier alpha value is -4.39. The monoisotopic (exact) mass is 595 g/mol. The van der Waals surface area contributed by atoms with Gasteiger partial charge in [0.15, 0.2) is 0 Å². The summed E-state index contributed by atoms with van der Waals surface area (Å²) in [6.45, 7) is 1.17. The third-order valence-corrected chi connectivity index (χ3v) is 6.77. The van der Waals surface area contributed by atoms with Crippen LogP contribution in [0.2, 0.25) is 0 Å². The van der Waals surface area contributed by atoms with Gasteiger partial charge in [-0.2, -0.15) is 5.10 Å². The average molecular weight is 596 g/mol. The SMILES string of the molecule is CN(Cc1ccccc1OCCCOc1ccc(CCC(=O)NO)cc1)CC(O)(Cn1cncn1)c1ccc(F)cc1F. The summed E-state index contributed by atoms with van der Waals surface area (Å²) in [5.41, 5.74) is 1.69. The topological polar surface area (TPSA) is 122 Å². The molecule has 1 aromatic heterocycles. The van der Waals surface area contributed by atoms with Gasteiger partial charge in [0.05, 0.1) is 19.8 Å². The molecule has 10 nitrogen and oxygen atoms in total. The number of para-hydroxylation sites is 1. The number of halogens is 2. The second kappa shape index (κ2) is 15.2. The zero-order valence-corrected chi connectivity index (χ0v) is 23.8. The van der Waals surface area contributed by atoms with Crippen LogP contribution in [0.25, 0.3) is 0 Å². The zero-order valence-electron chi connectivity index (χ0n) is 23.8. The average Bonchev–Trinajstić information content (AvgIpc) is 3.49. The molecule has 0 saturated carbocycles. The fourth-order valence-electron chi connectivity index (χ4n) is 4.74. The number of nitrogens with one attached hydrogen (secondary N) is 1. The van der Waals surface area contributed by atoms with Crippen molar-refractivity contribution in [2.45, 2.75) is 38.0 Å². The van der Waals surface area contributed by atoms with Crippen LogP contribution in [0.15, 0.2) is 79.4 Å². The summed E-state index contributed by atoms with van der Waals surface area (Å²) in [7, 11) is 1.80. The van der Waals surface area contributed by atoms with Gasteiger partial charge in [0.25, 0.3) is 0 Å². The normalized spacial score (nSPS) is 12.6. The predicted octanol–water partition coefficient (Wildman–Crippen LogP) is 3.86. The number of aromatic nitrogens is 3. The van der Waals surface area contributed by atoms with Gasteiger partial charge in [-0.3, -0.25) is 14.9 Å². The molecule has 0 fully saturated rings. The van der Waals surface area contributed by atoms with Crippen LogP contribution in [0.4, 0.5) is 8.78 Å². The van der Waals surface area contributed by atoms with E-state index in [9.17, 15) is 18.7 Å². The van der Waals surface area contributed by atoms with E-state index in [4.69, 9.17) is 14.7 Å². The number of ether oxygens (including phenoxy) is 2. The molecule has 1 amide bonds. The molecule has 0 bridgehead atoms. The van der Waals surface area contributed by atoms with Crippen molar-refractivity contribution in [1.82, 2.24) is 25.1 Å². The lowest BCUT2D eigenvalue weighted by molar-refractivity contribution is -0.129. The van der Waals surface area contributed by atoms with Crippen LogP contribution in [-0.2, 0) is 29.9 Å². The lowest BCUT2D eigenvalue weighted by atomic mass is 9.92. The molecule has 0 radical (unpaired) electrons. The molecule has 0 aliphatic rings.